The smallest absolute Gasteiger partial charge is 0.295 e. The van der Waals surface area contributed by atoms with Crippen LogP contribution in [0.1, 0.15) is 17.2 Å². The standard InChI is InChI=1S/C21H21NO7/c1-28-14-6-3-12(4-7-14)19(25)17-18(22(9-10-23)21(27)20(17)26)13-5-8-15(24)16(11-13)29-2/h3-8,11,18,23-25H,9-10H2,1-2H3/b19-17-. The molecule has 0 aliphatic carbocycles. The van der Waals surface area contributed by atoms with Gasteiger partial charge in [0.2, 0.25) is 0 Å². The second-order valence-electron chi connectivity index (χ2n) is 6.38. The first-order valence-corrected chi connectivity index (χ1v) is 8.83. The third-order valence-electron chi connectivity index (χ3n) is 4.76. The fourth-order valence-corrected chi connectivity index (χ4v) is 3.33. The third-order valence-corrected chi connectivity index (χ3v) is 4.76. The van der Waals surface area contributed by atoms with Crippen molar-refractivity contribution in [1.29, 1.82) is 0 Å². The molecule has 1 fully saturated rings. The molecule has 0 radical (unpaired) electrons. The van der Waals surface area contributed by atoms with E-state index in [1.807, 2.05) is 0 Å². The molecule has 1 unspecified atom stereocenters. The monoisotopic (exact) mass is 399 g/mol. The van der Waals surface area contributed by atoms with Crippen LogP contribution in [0.15, 0.2) is 48.0 Å². The summed E-state index contributed by atoms with van der Waals surface area (Å²) >= 11 is 0. The van der Waals surface area contributed by atoms with Crippen molar-refractivity contribution in [2.75, 3.05) is 27.4 Å². The Morgan fingerprint density at radius 3 is 2.34 bits per heavy atom. The molecular formula is C21H21NO7. The quantitative estimate of drug-likeness (QED) is 0.385. The van der Waals surface area contributed by atoms with Gasteiger partial charge in [0.25, 0.3) is 11.7 Å². The van der Waals surface area contributed by atoms with Crippen LogP contribution < -0.4 is 9.47 Å². The molecule has 1 saturated heterocycles. The van der Waals surface area contributed by atoms with Gasteiger partial charge in [0.15, 0.2) is 11.5 Å². The van der Waals surface area contributed by atoms with E-state index in [1.54, 1.807) is 24.3 Å². The van der Waals surface area contributed by atoms with Crippen LogP contribution in [0.3, 0.4) is 0 Å². The molecule has 1 heterocycles. The Morgan fingerprint density at radius 1 is 1.07 bits per heavy atom. The van der Waals surface area contributed by atoms with Crippen LogP contribution in [-0.4, -0.2) is 59.3 Å². The average molecular weight is 399 g/mol. The van der Waals surface area contributed by atoms with Gasteiger partial charge in [0.1, 0.15) is 11.5 Å². The number of methoxy groups -OCH3 is 2. The van der Waals surface area contributed by atoms with E-state index in [-0.39, 0.29) is 36.0 Å². The molecule has 8 heteroatoms. The zero-order valence-corrected chi connectivity index (χ0v) is 16.0. The van der Waals surface area contributed by atoms with Crippen molar-refractivity contribution in [1.82, 2.24) is 4.90 Å². The van der Waals surface area contributed by atoms with Crippen LogP contribution in [0.25, 0.3) is 5.76 Å². The highest BCUT2D eigenvalue weighted by Crippen LogP contribution is 2.41. The van der Waals surface area contributed by atoms with Gasteiger partial charge in [-0.3, -0.25) is 9.59 Å². The lowest BCUT2D eigenvalue weighted by atomic mass is 9.95. The fourth-order valence-electron chi connectivity index (χ4n) is 3.33. The van der Waals surface area contributed by atoms with Crippen LogP contribution in [0, 0.1) is 0 Å². The number of rotatable bonds is 6. The van der Waals surface area contributed by atoms with Gasteiger partial charge in [0, 0.05) is 12.1 Å². The minimum absolute atomic E-state index is 0.0994. The van der Waals surface area contributed by atoms with Gasteiger partial charge in [-0.2, -0.15) is 0 Å². The first-order valence-electron chi connectivity index (χ1n) is 8.83. The summed E-state index contributed by atoms with van der Waals surface area (Å²) in [6, 6.07) is 9.83. The Bertz CT molecular complexity index is 965. The average Bonchev–Trinajstić information content (AvgIpc) is 2.99. The van der Waals surface area contributed by atoms with E-state index < -0.39 is 17.7 Å². The molecule has 3 N–H and O–H groups in total. The second kappa shape index (κ2) is 8.24. The lowest BCUT2D eigenvalue weighted by Crippen LogP contribution is -2.32. The molecule has 3 rings (SSSR count). The summed E-state index contributed by atoms with van der Waals surface area (Å²) in [5.74, 6) is -1.41. The lowest BCUT2D eigenvalue weighted by molar-refractivity contribution is -0.140. The number of phenolic OH excluding ortho intramolecular Hbond substituents is 1. The molecule has 152 valence electrons. The van der Waals surface area contributed by atoms with Crippen molar-refractivity contribution in [3.63, 3.8) is 0 Å². The molecular weight excluding hydrogens is 378 g/mol. The number of hydrogen-bond acceptors (Lipinski definition) is 7. The van der Waals surface area contributed by atoms with Crippen LogP contribution in [0.5, 0.6) is 17.2 Å². The van der Waals surface area contributed by atoms with Gasteiger partial charge in [0.05, 0.1) is 32.4 Å². The van der Waals surface area contributed by atoms with Crippen molar-refractivity contribution in [3.8, 4) is 17.2 Å². The number of likely N-dealkylation sites (tertiary alicyclic amines) is 1. The number of phenols is 1. The summed E-state index contributed by atoms with van der Waals surface area (Å²) < 4.78 is 10.2. The first kappa shape index (κ1) is 20.2. The molecule has 1 aliphatic heterocycles. The Balaban J connectivity index is 2.18. The molecule has 2 aromatic carbocycles. The van der Waals surface area contributed by atoms with Gasteiger partial charge in [-0.25, -0.2) is 0 Å². The summed E-state index contributed by atoms with van der Waals surface area (Å²) in [4.78, 5) is 26.5. The number of ketones is 1. The Hall–Kier alpha value is -3.52. The fraction of sp³-hybridized carbons (Fsp3) is 0.238. The molecule has 2 aromatic rings. The van der Waals surface area contributed by atoms with E-state index in [1.165, 1.54) is 37.3 Å². The molecule has 8 nitrogen and oxygen atoms in total. The zero-order chi connectivity index (χ0) is 21.1. The highest BCUT2D eigenvalue weighted by atomic mass is 16.5. The minimum atomic E-state index is -0.946. The number of benzene rings is 2. The van der Waals surface area contributed by atoms with Crippen molar-refractivity contribution < 1.29 is 34.4 Å². The molecule has 1 aliphatic rings. The van der Waals surface area contributed by atoms with Crippen LogP contribution in [0.4, 0.5) is 0 Å². The molecule has 0 bridgehead atoms. The number of aliphatic hydroxyl groups is 2. The number of ether oxygens (including phenoxy) is 2. The van der Waals surface area contributed by atoms with Gasteiger partial charge in [-0.05, 0) is 42.0 Å². The maximum atomic E-state index is 12.7. The van der Waals surface area contributed by atoms with Gasteiger partial charge >= 0.3 is 0 Å². The zero-order valence-electron chi connectivity index (χ0n) is 16.0. The Morgan fingerprint density at radius 2 is 1.76 bits per heavy atom. The number of aromatic hydroxyl groups is 1. The number of nitrogens with zero attached hydrogens (tertiary/aromatic N) is 1. The highest BCUT2D eigenvalue weighted by Gasteiger charge is 2.46. The molecule has 1 amide bonds. The normalized spacial score (nSPS) is 18.2. The number of β-amino-alcohol motifs (C(OH)–C–C–N with tert-alkyl or cyclic N) is 1. The Kier molecular flexibility index (Phi) is 5.74. The van der Waals surface area contributed by atoms with Crippen LogP contribution >= 0.6 is 0 Å². The van der Waals surface area contributed by atoms with E-state index in [0.29, 0.717) is 16.9 Å². The number of carbonyl (C=O) groups excluding carboxylic acids is 2. The lowest BCUT2D eigenvalue weighted by Gasteiger charge is -2.25. The van der Waals surface area contributed by atoms with Gasteiger partial charge in [-0.1, -0.05) is 6.07 Å². The Labute approximate surface area is 167 Å². The molecule has 0 spiro atoms. The molecule has 0 saturated carbocycles. The van der Waals surface area contributed by atoms with Crippen molar-refractivity contribution in [3.05, 3.63) is 59.2 Å². The van der Waals surface area contributed by atoms with Gasteiger partial charge < -0.3 is 29.7 Å². The highest BCUT2D eigenvalue weighted by molar-refractivity contribution is 6.46. The molecule has 29 heavy (non-hydrogen) atoms. The molecule has 1 atom stereocenters. The topological polar surface area (TPSA) is 117 Å². The number of carbonyl (C=O) groups is 2. The van der Waals surface area contributed by atoms with E-state index >= 15 is 0 Å². The van der Waals surface area contributed by atoms with E-state index in [2.05, 4.69) is 0 Å². The van der Waals surface area contributed by atoms with Crippen molar-refractivity contribution >= 4 is 17.4 Å². The first-order chi connectivity index (χ1) is 13.9. The van der Waals surface area contributed by atoms with Crippen molar-refractivity contribution in [2.45, 2.75) is 6.04 Å². The number of amides is 1. The maximum Gasteiger partial charge on any atom is 0.295 e. The van der Waals surface area contributed by atoms with Crippen LogP contribution in [0.2, 0.25) is 0 Å². The summed E-state index contributed by atoms with van der Waals surface area (Å²) in [7, 11) is 2.88. The SMILES string of the molecule is COc1ccc(/C(O)=C2/C(=O)C(=O)N(CCO)C2c2ccc(O)c(OC)c2)cc1. The summed E-state index contributed by atoms with van der Waals surface area (Å²) in [5.41, 5.74) is 0.673. The third kappa shape index (κ3) is 3.62. The number of hydrogen-bond donors (Lipinski definition) is 3. The van der Waals surface area contributed by atoms with E-state index in [9.17, 15) is 24.9 Å². The predicted molar refractivity (Wildman–Crippen MR) is 104 cm³/mol. The maximum absolute atomic E-state index is 12.7. The van der Waals surface area contributed by atoms with E-state index in [0.717, 1.165) is 0 Å². The summed E-state index contributed by atoms with van der Waals surface area (Å²) in [6.07, 6.45) is 0. The molecule has 0 aromatic heterocycles. The van der Waals surface area contributed by atoms with Gasteiger partial charge in [-0.15, -0.1) is 0 Å². The van der Waals surface area contributed by atoms with Crippen LogP contribution in [-0.2, 0) is 9.59 Å². The minimum Gasteiger partial charge on any atom is -0.507 e. The predicted octanol–water partition coefficient (Wildman–Crippen LogP) is 1.82. The number of aliphatic hydroxyl groups excluding tert-OH is 2. The summed E-state index contributed by atoms with van der Waals surface area (Å²) in [6.45, 7) is -0.459. The number of Topliss-reactive ketones (excluding diaryl/α,β-unsaturated/α-hetero) is 1. The second-order valence-corrected chi connectivity index (χ2v) is 6.38. The summed E-state index contributed by atoms with van der Waals surface area (Å²) in [5, 5.41) is 30.1. The van der Waals surface area contributed by atoms with Crippen molar-refractivity contribution in [2.24, 2.45) is 0 Å². The van der Waals surface area contributed by atoms with E-state index in [4.69, 9.17) is 9.47 Å². The largest absolute Gasteiger partial charge is 0.507 e.